The summed E-state index contributed by atoms with van der Waals surface area (Å²) in [6.07, 6.45) is 1.69. The molecule has 3 heterocycles. The standard InChI is InChI=1S/C22H21N3O2S/c1-14-9-19-21(23-13-24-22(19)28-14)25-7-8-27-20(12-25)17-4-3-16-11-18(26-2)6-5-15(16)10-17/h3-6,9-11,13,20H,7-8,12H2,1-2H3. The number of morpholine rings is 1. The molecule has 0 spiro atoms. The fraction of sp³-hybridized carbons (Fsp3) is 0.273. The largest absolute Gasteiger partial charge is 0.497 e. The molecule has 2 aromatic carbocycles. The first-order valence-electron chi connectivity index (χ1n) is 9.37. The number of hydrogen-bond acceptors (Lipinski definition) is 6. The molecule has 1 fully saturated rings. The van der Waals surface area contributed by atoms with Gasteiger partial charge in [-0.3, -0.25) is 0 Å². The predicted octanol–water partition coefficient (Wildman–Crippen LogP) is 4.74. The van der Waals surface area contributed by atoms with Crippen LogP contribution < -0.4 is 9.64 Å². The normalized spacial score (nSPS) is 17.4. The number of aryl methyl sites for hydroxylation is 1. The van der Waals surface area contributed by atoms with Crippen molar-refractivity contribution in [3.63, 3.8) is 0 Å². The topological polar surface area (TPSA) is 47.5 Å². The third kappa shape index (κ3) is 3.08. The van der Waals surface area contributed by atoms with Crippen LogP contribution in [0.5, 0.6) is 5.75 Å². The first-order chi connectivity index (χ1) is 13.7. The smallest absolute Gasteiger partial charge is 0.140 e. The number of benzene rings is 2. The molecular formula is C22H21N3O2S. The second-order valence-corrected chi connectivity index (χ2v) is 8.29. The van der Waals surface area contributed by atoms with Crippen molar-refractivity contribution in [3.05, 3.63) is 59.2 Å². The predicted molar refractivity (Wildman–Crippen MR) is 114 cm³/mol. The number of aromatic nitrogens is 2. The van der Waals surface area contributed by atoms with Crippen LogP contribution in [0.4, 0.5) is 5.82 Å². The highest BCUT2D eigenvalue weighted by Crippen LogP contribution is 2.33. The van der Waals surface area contributed by atoms with Gasteiger partial charge in [0.2, 0.25) is 0 Å². The Bertz CT molecular complexity index is 1160. The van der Waals surface area contributed by atoms with Crippen LogP contribution in [0.15, 0.2) is 48.8 Å². The van der Waals surface area contributed by atoms with Crippen molar-refractivity contribution < 1.29 is 9.47 Å². The molecule has 6 heteroatoms. The van der Waals surface area contributed by atoms with Crippen LogP contribution in [-0.2, 0) is 4.74 Å². The Balaban J connectivity index is 1.46. The van der Waals surface area contributed by atoms with Gasteiger partial charge in [0, 0.05) is 18.0 Å². The Morgan fingerprint density at radius 3 is 2.86 bits per heavy atom. The van der Waals surface area contributed by atoms with Gasteiger partial charge in [0.05, 0.1) is 19.1 Å². The average molecular weight is 391 g/mol. The van der Waals surface area contributed by atoms with E-state index in [0.717, 1.165) is 34.9 Å². The Morgan fingerprint density at radius 2 is 1.96 bits per heavy atom. The lowest BCUT2D eigenvalue weighted by Crippen LogP contribution is -2.39. The van der Waals surface area contributed by atoms with Gasteiger partial charge in [0.25, 0.3) is 0 Å². The third-order valence-electron chi connectivity index (χ3n) is 5.24. The van der Waals surface area contributed by atoms with Gasteiger partial charge in [-0.05, 0) is 47.5 Å². The lowest BCUT2D eigenvalue weighted by atomic mass is 10.0. The SMILES string of the molecule is COc1ccc2cc(C3CN(c4ncnc5sc(C)cc45)CCO3)ccc2c1. The van der Waals surface area contributed by atoms with E-state index in [1.165, 1.54) is 21.2 Å². The molecule has 0 aliphatic carbocycles. The molecule has 142 valence electrons. The number of methoxy groups -OCH3 is 1. The van der Waals surface area contributed by atoms with Crippen molar-refractivity contribution in [2.75, 3.05) is 31.7 Å². The summed E-state index contributed by atoms with van der Waals surface area (Å²) in [6.45, 7) is 4.41. The van der Waals surface area contributed by atoms with Gasteiger partial charge >= 0.3 is 0 Å². The minimum absolute atomic E-state index is 0.0185. The molecular weight excluding hydrogens is 370 g/mol. The molecule has 1 aliphatic rings. The lowest BCUT2D eigenvalue weighted by molar-refractivity contribution is 0.0397. The molecule has 0 saturated carbocycles. The molecule has 4 aromatic rings. The van der Waals surface area contributed by atoms with Crippen LogP contribution in [0, 0.1) is 6.92 Å². The molecule has 1 unspecified atom stereocenters. The summed E-state index contributed by atoms with van der Waals surface area (Å²) in [5.41, 5.74) is 1.19. The molecule has 2 aromatic heterocycles. The van der Waals surface area contributed by atoms with E-state index in [2.05, 4.69) is 58.2 Å². The van der Waals surface area contributed by atoms with Crippen molar-refractivity contribution in [1.82, 2.24) is 9.97 Å². The first kappa shape index (κ1) is 17.4. The van der Waals surface area contributed by atoms with Gasteiger partial charge in [-0.15, -0.1) is 11.3 Å². The van der Waals surface area contributed by atoms with E-state index in [4.69, 9.17) is 9.47 Å². The van der Waals surface area contributed by atoms with Crippen molar-refractivity contribution in [2.24, 2.45) is 0 Å². The number of thiophene rings is 1. The second-order valence-electron chi connectivity index (χ2n) is 7.05. The number of nitrogens with zero attached hydrogens (tertiary/aromatic N) is 3. The van der Waals surface area contributed by atoms with E-state index in [1.807, 2.05) is 6.07 Å². The summed E-state index contributed by atoms with van der Waals surface area (Å²) in [7, 11) is 1.69. The van der Waals surface area contributed by atoms with Crippen molar-refractivity contribution >= 4 is 38.1 Å². The Hall–Kier alpha value is -2.70. The number of rotatable bonds is 3. The maximum atomic E-state index is 6.12. The second kappa shape index (κ2) is 7.04. The number of fused-ring (bicyclic) bond motifs is 2. The first-order valence-corrected chi connectivity index (χ1v) is 10.2. The zero-order valence-electron chi connectivity index (χ0n) is 15.9. The van der Waals surface area contributed by atoms with Crippen LogP contribution in [0.25, 0.3) is 21.0 Å². The number of anilines is 1. The molecule has 0 bridgehead atoms. The summed E-state index contributed by atoms with van der Waals surface area (Å²) < 4.78 is 11.4. The molecule has 5 rings (SSSR count). The number of ether oxygens (including phenoxy) is 2. The Morgan fingerprint density at radius 1 is 1.11 bits per heavy atom. The highest BCUT2D eigenvalue weighted by atomic mass is 32.1. The van der Waals surface area contributed by atoms with E-state index < -0.39 is 0 Å². The van der Waals surface area contributed by atoms with Gasteiger partial charge in [0.15, 0.2) is 0 Å². The molecule has 1 atom stereocenters. The van der Waals surface area contributed by atoms with Crippen molar-refractivity contribution in [3.8, 4) is 5.75 Å². The molecule has 5 nitrogen and oxygen atoms in total. The Labute approximate surface area is 167 Å². The molecule has 0 N–H and O–H groups in total. The van der Waals surface area contributed by atoms with Crippen LogP contribution in [0.1, 0.15) is 16.5 Å². The molecule has 0 radical (unpaired) electrons. The zero-order valence-corrected chi connectivity index (χ0v) is 16.7. The summed E-state index contributed by atoms with van der Waals surface area (Å²) >= 11 is 1.71. The molecule has 0 amide bonds. The Kier molecular flexibility index (Phi) is 4.37. The van der Waals surface area contributed by atoms with Crippen LogP contribution in [-0.4, -0.2) is 36.8 Å². The molecule has 28 heavy (non-hydrogen) atoms. The summed E-state index contributed by atoms with van der Waals surface area (Å²) in [6, 6.07) is 14.8. The van der Waals surface area contributed by atoms with Crippen molar-refractivity contribution in [2.45, 2.75) is 13.0 Å². The van der Waals surface area contributed by atoms with Gasteiger partial charge < -0.3 is 14.4 Å². The highest BCUT2D eigenvalue weighted by molar-refractivity contribution is 7.18. The lowest BCUT2D eigenvalue weighted by Gasteiger charge is -2.34. The van der Waals surface area contributed by atoms with Crippen molar-refractivity contribution in [1.29, 1.82) is 0 Å². The summed E-state index contributed by atoms with van der Waals surface area (Å²) in [5, 5.41) is 3.50. The van der Waals surface area contributed by atoms with Gasteiger partial charge in [-0.25, -0.2) is 9.97 Å². The van der Waals surface area contributed by atoms with Crippen LogP contribution >= 0.6 is 11.3 Å². The third-order valence-corrected chi connectivity index (χ3v) is 6.20. The van der Waals surface area contributed by atoms with E-state index in [-0.39, 0.29) is 6.10 Å². The summed E-state index contributed by atoms with van der Waals surface area (Å²) in [5.74, 6) is 1.88. The summed E-state index contributed by atoms with van der Waals surface area (Å²) in [4.78, 5) is 13.6. The maximum Gasteiger partial charge on any atom is 0.140 e. The maximum absolute atomic E-state index is 6.12. The van der Waals surface area contributed by atoms with E-state index in [9.17, 15) is 0 Å². The van der Waals surface area contributed by atoms with Crippen LogP contribution in [0.2, 0.25) is 0 Å². The fourth-order valence-corrected chi connectivity index (χ4v) is 4.67. The minimum Gasteiger partial charge on any atom is -0.497 e. The van der Waals surface area contributed by atoms with E-state index in [0.29, 0.717) is 6.61 Å². The fourth-order valence-electron chi connectivity index (χ4n) is 3.83. The van der Waals surface area contributed by atoms with Gasteiger partial charge in [-0.2, -0.15) is 0 Å². The van der Waals surface area contributed by atoms with Gasteiger partial charge in [0.1, 0.15) is 28.8 Å². The monoisotopic (exact) mass is 391 g/mol. The van der Waals surface area contributed by atoms with Crippen LogP contribution in [0.3, 0.4) is 0 Å². The quantitative estimate of drug-likeness (QED) is 0.505. The molecule has 1 aliphatic heterocycles. The zero-order chi connectivity index (χ0) is 19.1. The average Bonchev–Trinajstić information content (AvgIpc) is 3.13. The van der Waals surface area contributed by atoms with Gasteiger partial charge in [-0.1, -0.05) is 18.2 Å². The van der Waals surface area contributed by atoms with E-state index in [1.54, 1.807) is 24.8 Å². The van der Waals surface area contributed by atoms with E-state index >= 15 is 0 Å². The minimum atomic E-state index is 0.0185. The molecule has 1 saturated heterocycles. The number of hydrogen-bond donors (Lipinski definition) is 0. The highest BCUT2D eigenvalue weighted by Gasteiger charge is 2.25.